The normalized spacial score (nSPS) is 22.1. The van der Waals surface area contributed by atoms with E-state index in [2.05, 4.69) is 15.5 Å². The van der Waals surface area contributed by atoms with E-state index in [9.17, 15) is 9.90 Å². The standard InChI is InChI=1S/C16H25N3O2/c1-19(2)11-12-6-5-7-13(10-12)17-16(21)18-14-8-3-4-9-15(14)20/h5-7,10,14-15,20H,3-4,8-9,11H2,1-2H3,(H2,17,18,21). The largest absolute Gasteiger partial charge is 0.391 e. The molecule has 2 amide bonds. The summed E-state index contributed by atoms with van der Waals surface area (Å²) in [6.07, 6.45) is 3.27. The molecule has 0 aliphatic heterocycles. The number of benzene rings is 1. The molecular weight excluding hydrogens is 266 g/mol. The first-order chi connectivity index (χ1) is 10.0. The fourth-order valence-corrected chi connectivity index (χ4v) is 2.73. The van der Waals surface area contributed by atoms with Gasteiger partial charge in [0.15, 0.2) is 0 Å². The SMILES string of the molecule is CN(C)Cc1cccc(NC(=O)NC2CCCCC2O)c1. The van der Waals surface area contributed by atoms with Gasteiger partial charge in [0.05, 0.1) is 12.1 Å². The van der Waals surface area contributed by atoms with Gasteiger partial charge in [-0.1, -0.05) is 25.0 Å². The first kappa shape index (κ1) is 15.8. The van der Waals surface area contributed by atoms with Gasteiger partial charge in [0.2, 0.25) is 0 Å². The van der Waals surface area contributed by atoms with Crippen LogP contribution >= 0.6 is 0 Å². The number of hydrogen-bond acceptors (Lipinski definition) is 3. The number of aliphatic hydroxyl groups is 1. The lowest BCUT2D eigenvalue weighted by Gasteiger charge is -2.28. The molecule has 0 saturated heterocycles. The minimum Gasteiger partial charge on any atom is -0.391 e. The number of hydrogen-bond donors (Lipinski definition) is 3. The molecule has 0 spiro atoms. The molecule has 1 saturated carbocycles. The summed E-state index contributed by atoms with van der Waals surface area (Å²) in [6.45, 7) is 0.832. The summed E-state index contributed by atoms with van der Waals surface area (Å²) in [5.41, 5.74) is 1.92. The van der Waals surface area contributed by atoms with Crippen LogP contribution in [0.1, 0.15) is 31.2 Å². The second-order valence-corrected chi connectivity index (χ2v) is 5.99. The highest BCUT2D eigenvalue weighted by Crippen LogP contribution is 2.18. The van der Waals surface area contributed by atoms with Gasteiger partial charge in [-0.15, -0.1) is 0 Å². The number of carbonyl (C=O) groups is 1. The molecule has 2 rings (SSSR count). The second-order valence-electron chi connectivity index (χ2n) is 5.99. The Labute approximate surface area is 126 Å². The Kier molecular flexibility index (Phi) is 5.59. The average Bonchev–Trinajstić information content (AvgIpc) is 2.41. The van der Waals surface area contributed by atoms with Crippen molar-refractivity contribution in [2.45, 2.75) is 44.4 Å². The Bertz CT molecular complexity index is 476. The van der Waals surface area contributed by atoms with Crippen LogP contribution in [0.15, 0.2) is 24.3 Å². The number of rotatable bonds is 4. The molecule has 0 aromatic heterocycles. The molecule has 1 fully saturated rings. The molecular formula is C16H25N3O2. The zero-order valence-electron chi connectivity index (χ0n) is 12.8. The van der Waals surface area contributed by atoms with E-state index in [1.165, 1.54) is 0 Å². The van der Waals surface area contributed by atoms with Crippen molar-refractivity contribution in [1.82, 2.24) is 10.2 Å². The number of nitrogens with zero attached hydrogens (tertiary/aromatic N) is 1. The first-order valence-corrected chi connectivity index (χ1v) is 7.54. The summed E-state index contributed by atoms with van der Waals surface area (Å²) >= 11 is 0. The van der Waals surface area contributed by atoms with Crippen LogP contribution in [0.2, 0.25) is 0 Å². The zero-order chi connectivity index (χ0) is 15.2. The zero-order valence-corrected chi connectivity index (χ0v) is 12.8. The lowest BCUT2D eigenvalue weighted by atomic mass is 9.93. The van der Waals surface area contributed by atoms with E-state index in [-0.39, 0.29) is 12.1 Å². The molecule has 21 heavy (non-hydrogen) atoms. The van der Waals surface area contributed by atoms with Crippen molar-refractivity contribution in [2.24, 2.45) is 0 Å². The predicted molar refractivity (Wildman–Crippen MR) is 84.3 cm³/mol. The Morgan fingerprint density at radius 3 is 2.81 bits per heavy atom. The highest BCUT2D eigenvalue weighted by Gasteiger charge is 2.24. The van der Waals surface area contributed by atoms with Gasteiger partial charge in [0.1, 0.15) is 0 Å². The molecule has 1 aliphatic rings. The van der Waals surface area contributed by atoms with E-state index in [1.54, 1.807) is 0 Å². The first-order valence-electron chi connectivity index (χ1n) is 7.54. The van der Waals surface area contributed by atoms with Crippen molar-refractivity contribution in [3.8, 4) is 0 Å². The fourth-order valence-electron chi connectivity index (χ4n) is 2.73. The number of amides is 2. The number of aliphatic hydroxyl groups excluding tert-OH is 1. The van der Waals surface area contributed by atoms with E-state index < -0.39 is 6.10 Å². The van der Waals surface area contributed by atoms with Crippen molar-refractivity contribution in [3.05, 3.63) is 29.8 Å². The van der Waals surface area contributed by atoms with Crippen LogP contribution in [0.25, 0.3) is 0 Å². The van der Waals surface area contributed by atoms with Gasteiger partial charge in [-0.2, -0.15) is 0 Å². The van der Waals surface area contributed by atoms with Crippen molar-refractivity contribution in [3.63, 3.8) is 0 Å². The average molecular weight is 291 g/mol. The van der Waals surface area contributed by atoms with E-state index in [0.29, 0.717) is 0 Å². The number of anilines is 1. The third kappa shape index (κ3) is 5.02. The minimum absolute atomic E-state index is 0.135. The molecule has 2 unspecified atom stereocenters. The van der Waals surface area contributed by atoms with Crippen molar-refractivity contribution >= 4 is 11.7 Å². The van der Waals surface area contributed by atoms with Crippen molar-refractivity contribution in [2.75, 3.05) is 19.4 Å². The molecule has 116 valence electrons. The van der Waals surface area contributed by atoms with E-state index >= 15 is 0 Å². The van der Waals surface area contributed by atoms with Crippen LogP contribution in [0.5, 0.6) is 0 Å². The van der Waals surface area contributed by atoms with E-state index in [1.807, 2.05) is 38.4 Å². The van der Waals surface area contributed by atoms with Crippen LogP contribution in [-0.2, 0) is 6.54 Å². The van der Waals surface area contributed by atoms with Crippen LogP contribution in [0.4, 0.5) is 10.5 Å². The van der Waals surface area contributed by atoms with Gasteiger partial charge in [-0.05, 0) is 44.6 Å². The van der Waals surface area contributed by atoms with Crippen LogP contribution < -0.4 is 10.6 Å². The monoisotopic (exact) mass is 291 g/mol. The molecule has 1 aromatic rings. The molecule has 0 heterocycles. The third-order valence-electron chi connectivity index (χ3n) is 3.73. The van der Waals surface area contributed by atoms with E-state index in [4.69, 9.17) is 0 Å². The highest BCUT2D eigenvalue weighted by atomic mass is 16.3. The molecule has 3 N–H and O–H groups in total. The van der Waals surface area contributed by atoms with Crippen molar-refractivity contribution < 1.29 is 9.90 Å². The summed E-state index contributed by atoms with van der Waals surface area (Å²) in [7, 11) is 4.02. The number of urea groups is 1. The number of carbonyl (C=O) groups excluding carboxylic acids is 1. The molecule has 0 bridgehead atoms. The van der Waals surface area contributed by atoms with Crippen LogP contribution in [-0.4, -0.2) is 42.3 Å². The number of nitrogens with one attached hydrogen (secondary N) is 2. The highest BCUT2D eigenvalue weighted by molar-refractivity contribution is 5.89. The Morgan fingerprint density at radius 1 is 1.33 bits per heavy atom. The molecule has 5 heteroatoms. The summed E-state index contributed by atoms with van der Waals surface area (Å²) in [6, 6.07) is 7.43. The summed E-state index contributed by atoms with van der Waals surface area (Å²) in [4.78, 5) is 14.1. The quantitative estimate of drug-likeness (QED) is 0.796. The van der Waals surface area contributed by atoms with Gasteiger partial charge in [-0.25, -0.2) is 4.79 Å². The van der Waals surface area contributed by atoms with Gasteiger partial charge in [-0.3, -0.25) is 0 Å². The molecule has 2 atom stereocenters. The van der Waals surface area contributed by atoms with Crippen molar-refractivity contribution in [1.29, 1.82) is 0 Å². The molecule has 0 radical (unpaired) electrons. The minimum atomic E-state index is -0.426. The summed E-state index contributed by atoms with van der Waals surface area (Å²) in [5.74, 6) is 0. The topological polar surface area (TPSA) is 64.6 Å². The Balaban J connectivity index is 1.90. The summed E-state index contributed by atoms with van der Waals surface area (Å²) < 4.78 is 0. The molecule has 1 aromatic carbocycles. The summed E-state index contributed by atoms with van der Waals surface area (Å²) in [5, 5.41) is 15.6. The maximum atomic E-state index is 12.0. The predicted octanol–water partition coefficient (Wildman–Crippen LogP) is 2.17. The lowest BCUT2D eigenvalue weighted by molar-refractivity contribution is 0.0955. The van der Waals surface area contributed by atoms with Crippen LogP contribution in [0, 0.1) is 0 Å². The van der Waals surface area contributed by atoms with Gasteiger partial charge < -0.3 is 20.6 Å². The molecule has 1 aliphatic carbocycles. The maximum absolute atomic E-state index is 12.0. The van der Waals surface area contributed by atoms with Crippen LogP contribution in [0.3, 0.4) is 0 Å². The van der Waals surface area contributed by atoms with Gasteiger partial charge >= 0.3 is 6.03 Å². The lowest BCUT2D eigenvalue weighted by Crippen LogP contribution is -2.46. The van der Waals surface area contributed by atoms with E-state index in [0.717, 1.165) is 43.5 Å². The smallest absolute Gasteiger partial charge is 0.319 e. The molecule has 5 nitrogen and oxygen atoms in total. The third-order valence-corrected chi connectivity index (χ3v) is 3.73. The fraction of sp³-hybridized carbons (Fsp3) is 0.562. The van der Waals surface area contributed by atoms with Gasteiger partial charge in [0.25, 0.3) is 0 Å². The Morgan fingerprint density at radius 2 is 2.10 bits per heavy atom. The Hall–Kier alpha value is -1.59. The maximum Gasteiger partial charge on any atom is 0.319 e. The second kappa shape index (κ2) is 7.43. The van der Waals surface area contributed by atoms with Gasteiger partial charge in [0, 0.05) is 12.2 Å².